The van der Waals surface area contributed by atoms with Gasteiger partial charge in [-0.3, -0.25) is 14.7 Å². The first-order valence-electron chi connectivity index (χ1n) is 10.8. The van der Waals surface area contributed by atoms with Gasteiger partial charge in [0.1, 0.15) is 5.69 Å². The SMILES string of the molecule is O=C(C[C@H]1CN2CCC1CC2)c1n[nH]c2ccc(N3CCCCC3)cc12.O=CO. The van der Waals surface area contributed by atoms with E-state index in [1.54, 1.807) is 0 Å². The van der Waals surface area contributed by atoms with E-state index in [0.717, 1.165) is 36.5 Å². The van der Waals surface area contributed by atoms with Gasteiger partial charge in [-0.05, 0) is 75.2 Å². The Bertz CT molecular complexity index is 851. The monoisotopic (exact) mass is 398 g/mol. The van der Waals surface area contributed by atoms with Crippen molar-refractivity contribution in [2.45, 2.75) is 38.5 Å². The third kappa shape index (κ3) is 4.29. The molecule has 4 aliphatic rings. The summed E-state index contributed by atoms with van der Waals surface area (Å²) in [5, 5.41) is 15.4. The van der Waals surface area contributed by atoms with Gasteiger partial charge in [0.05, 0.1) is 5.52 Å². The molecule has 156 valence electrons. The number of fused-ring (bicyclic) bond motifs is 4. The van der Waals surface area contributed by atoms with Gasteiger partial charge in [-0.1, -0.05) is 0 Å². The molecule has 1 atom stereocenters. The molecule has 1 aromatic carbocycles. The molecule has 0 saturated carbocycles. The summed E-state index contributed by atoms with van der Waals surface area (Å²) in [6, 6.07) is 6.42. The zero-order chi connectivity index (χ0) is 20.2. The van der Waals surface area contributed by atoms with Gasteiger partial charge in [0.25, 0.3) is 6.47 Å². The number of benzene rings is 1. The minimum atomic E-state index is -0.250. The number of aromatic amines is 1. The number of H-pyrrole nitrogens is 1. The lowest BCUT2D eigenvalue weighted by molar-refractivity contribution is -0.122. The van der Waals surface area contributed by atoms with Crippen LogP contribution < -0.4 is 4.90 Å². The van der Waals surface area contributed by atoms with Crippen LogP contribution in [0.15, 0.2) is 18.2 Å². The number of carbonyl (C=O) groups is 2. The average Bonchev–Trinajstić information content (AvgIpc) is 3.19. The van der Waals surface area contributed by atoms with Crippen molar-refractivity contribution in [1.29, 1.82) is 0 Å². The minimum absolute atomic E-state index is 0.214. The van der Waals surface area contributed by atoms with Gasteiger partial charge >= 0.3 is 0 Å². The number of carboxylic acid groups (broad SMARTS) is 1. The second kappa shape index (κ2) is 8.95. The van der Waals surface area contributed by atoms with Crippen LogP contribution in [-0.4, -0.2) is 65.2 Å². The molecule has 4 saturated heterocycles. The molecule has 0 aliphatic carbocycles. The van der Waals surface area contributed by atoms with Crippen molar-refractivity contribution >= 4 is 28.8 Å². The van der Waals surface area contributed by atoms with Crippen LogP contribution in [-0.2, 0) is 4.79 Å². The Kier molecular flexibility index (Phi) is 6.13. The van der Waals surface area contributed by atoms with E-state index in [2.05, 4.69) is 38.2 Å². The fourth-order valence-corrected chi connectivity index (χ4v) is 5.22. The van der Waals surface area contributed by atoms with E-state index in [0.29, 0.717) is 18.0 Å². The fourth-order valence-electron chi connectivity index (χ4n) is 5.22. The summed E-state index contributed by atoms with van der Waals surface area (Å²) in [5.74, 6) is 1.46. The van der Waals surface area contributed by atoms with Crippen molar-refractivity contribution in [2.75, 3.05) is 37.6 Å². The molecule has 2 aromatic rings. The number of hydrogen-bond donors (Lipinski definition) is 2. The van der Waals surface area contributed by atoms with Crippen molar-refractivity contribution in [3.8, 4) is 0 Å². The molecule has 7 heteroatoms. The number of anilines is 1. The maximum Gasteiger partial charge on any atom is 0.290 e. The third-order valence-electron chi connectivity index (χ3n) is 6.77. The van der Waals surface area contributed by atoms with E-state index in [1.165, 1.54) is 50.9 Å². The van der Waals surface area contributed by atoms with E-state index < -0.39 is 0 Å². The second-order valence-corrected chi connectivity index (χ2v) is 8.48. The number of nitrogens with zero attached hydrogens (tertiary/aromatic N) is 3. The van der Waals surface area contributed by atoms with Crippen molar-refractivity contribution in [1.82, 2.24) is 15.1 Å². The zero-order valence-electron chi connectivity index (χ0n) is 16.8. The van der Waals surface area contributed by atoms with Crippen molar-refractivity contribution in [3.63, 3.8) is 0 Å². The Hall–Kier alpha value is -2.41. The summed E-state index contributed by atoms with van der Waals surface area (Å²) in [5.41, 5.74) is 2.86. The molecule has 1 aromatic heterocycles. The molecule has 0 unspecified atom stereocenters. The molecule has 2 N–H and O–H groups in total. The fraction of sp³-hybridized carbons (Fsp3) is 0.591. The highest BCUT2D eigenvalue weighted by Gasteiger charge is 2.35. The lowest BCUT2D eigenvalue weighted by Gasteiger charge is -2.44. The number of Topliss-reactive ketones (excluding diaryl/α,β-unsaturated/α-hetero) is 1. The van der Waals surface area contributed by atoms with Crippen LogP contribution >= 0.6 is 0 Å². The molecule has 4 fully saturated rings. The summed E-state index contributed by atoms with van der Waals surface area (Å²) < 4.78 is 0. The second-order valence-electron chi connectivity index (χ2n) is 8.48. The Labute approximate surface area is 171 Å². The Balaban J connectivity index is 0.000000645. The van der Waals surface area contributed by atoms with Crippen LogP contribution in [0, 0.1) is 11.8 Å². The highest BCUT2D eigenvalue weighted by atomic mass is 16.3. The molecule has 7 nitrogen and oxygen atoms in total. The summed E-state index contributed by atoms with van der Waals surface area (Å²) in [4.78, 5) is 26.4. The Morgan fingerprint density at radius 2 is 1.90 bits per heavy atom. The van der Waals surface area contributed by atoms with Gasteiger partial charge in [-0.15, -0.1) is 0 Å². The first-order valence-corrected chi connectivity index (χ1v) is 10.8. The van der Waals surface area contributed by atoms with E-state index in [4.69, 9.17) is 9.90 Å². The average molecular weight is 399 g/mol. The van der Waals surface area contributed by atoms with Crippen molar-refractivity contribution in [2.24, 2.45) is 11.8 Å². The van der Waals surface area contributed by atoms with Gasteiger partial charge in [-0.25, -0.2) is 0 Å². The molecule has 4 aliphatic heterocycles. The third-order valence-corrected chi connectivity index (χ3v) is 6.77. The van der Waals surface area contributed by atoms with Crippen LogP contribution in [0.5, 0.6) is 0 Å². The lowest BCUT2D eigenvalue weighted by atomic mass is 9.76. The van der Waals surface area contributed by atoms with Gasteiger partial charge in [0.15, 0.2) is 5.78 Å². The first kappa shape index (κ1) is 19.9. The minimum Gasteiger partial charge on any atom is -0.483 e. The molecule has 0 radical (unpaired) electrons. The summed E-state index contributed by atoms with van der Waals surface area (Å²) in [6.07, 6.45) is 7.02. The zero-order valence-corrected chi connectivity index (χ0v) is 16.8. The Morgan fingerprint density at radius 3 is 2.55 bits per heavy atom. The van der Waals surface area contributed by atoms with E-state index in [9.17, 15) is 4.79 Å². The van der Waals surface area contributed by atoms with E-state index >= 15 is 0 Å². The topological polar surface area (TPSA) is 89.5 Å². The molecule has 0 amide bonds. The summed E-state index contributed by atoms with van der Waals surface area (Å²) >= 11 is 0. The summed E-state index contributed by atoms with van der Waals surface area (Å²) in [6.45, 7) is 5.52. The molecule has 29 heavy (non-hydrogen) atoms. The number of hydrogen-bond acceptors (Lipinski definition) is 5. The number of piperidine rings is 4. The summed E-state index contributed by atoms with van der Waals surface area (Å²) in [7, 11) is 0. The number of nitrogens with one attached hydrogen (secondary N) is 1. The predicted molar refractivity (Wildman–Crippen MR) is 112 cm³/mol. The standard InChI is InChI=1S/C21H28N4O.CH2O2/c26-20(12-16-14-24-10-6-15(16)7-11-24)21-18-13-17(4-5-19(18)22-23-21)25-8-2-1-3-9-25;2-1-3/h4-5,13,15-16H,1-3,6-12,14H2,(H,22,23);1H,(H,2,3)/t16-;/m0./s1. The lowest BCUT2D eigenvalue weighted by Crippen LogP contribution is -2.47. The Morgan fingerprint density at radius 1 is 1.17 bits per heavy atom. The molecule has 6 rings (SSSR count). The van der Waals surface area contributed by atoms with E-state index in [-0.39, 0.29) is 12.3 Å². The smallest absolute Gasteiger partial charge is 0.290 e. The molecular formula is C22H30N4O3. The maximum absolute atomic E-state index is 13.0. The molecule has 0 spiro atoms. The van der Waals surface area contributed by atoms with Crippen molar-refractivity contribution < 1.29 is 14.7 Å². The molecule has 5 heterocycles. The number of rotatable bonds is 4. The highest BCUT2D eigenvalue weighted by Crippen LogP contribution is 2.35. The van der Waals surface area contributed by atoms with Crippen LogP contribution in [0.1, 0.15) is 49.0 Å². The normalized spacial score (nSPS) is 26.1. The largest absolute Gasteiger partial charge is 0.483 e. The van der Waals surface area contributed by atoms with Gasteiger partial charge < -0.3 is 14.9 Å². The van der Waals surface area contributed by atoms with Crippen LogP contribution in [0.4, 0.5) is 5.69 Å². The van der Waals surface area contributed by atoms with Crippen LogP contribution in [0.3, 0.4) is 0 Å². The molecular weight excluding hydrogens is 368 g/mol. The highest BCUT2D eigenvalue weighted by molar-refractivity contribution is 6.06. The molecule has 2 bridgehead atoms. The van der Waals surface area contributed by atoms with Crippen molar-refractivity contribution in [3.05, 3.63) is 23.9 Å². The van der Waals surface area contributed by atoms with Gasteiger partial charge in [0.2, 0.25) is 0 Å². The van der Waals surface area contributed by atoms with Gasteiger partial charge in [-0.2, -0.15) is 5.10 Å². The predicted octanol–water partition coefficient (Wildman–Crippen LogP) is 3.17. The van der Waals surface area contributed by atoms with E-state index in [1.807, 2.05) is 0 Å². The van der Waals surface area contributed by atoms with Gasteiger partial charge in [0, 0.05) is 37.1 Å². The van der Waals surface area contributed by atoms with Crippen LogP contribution in [0.25, 0.3) is 10.9 Å². The van der Waals surface area contributed by atoms with Crippen LogP contribution in [0.2, 0.25) is 0 Å². The quantitative estimate of drug-likeness (QED) is 0.607. The maximum atomic E-state index is 13.0. The number of ketones is 1. The first-order chi connectivity index (χ1) is 14.2. The number of carbonyl (C=O) groups excluding carboxylic acids is 1. The number of aromatic nitrogens is 2.